The zero-order valence-electron chi connectivity index (χ0n) is 10.4. The van der Waals surface area contributed by atoms with Gasteiger partial charge in [-0.15, -0.1) is 0 Å². The number of ether oxygens (including phenoxy) is 1. The summed E-state index contributed by atoms with van der Waals surface area (Å²) in [5.41, 5.74) is 7.09. The van der Waals surface area contributed by atoms with Crippen molar-refractivity contribution in [2.75, 3.05) is 13.2 Å². The second-order valence-corrected chi connectivity index (χ2v) is 8.56. The first-order chi connectivity index (χ1) is 8.91. The third kappa shape index (κ3) is 2.59. The second kappa shape index (κ2) is 4.55. The van der Waals surface area contributed by atoms with Crippen LogP contribution in [0.15, 0.2) is 27.6 Å². The Morgan fingerprint density at radius 1 is 1.37 bits per heavy atom. The predicted octanol–water partition coefficient (Wildman–Crippen LogP) is 1.66. The van der Waals surface area contributed by atoms with E-state index in [1.165, 1.54) is 0 Å². The van der Waals surface area contributed by atoms with Gasteiger partial charge in [-0.25, -0.2) is 8.42 Å². The van der Waals surface area contributed by atoms with Gasteiger partial charge in [0.25, 0.3) is 0 Å². The molecule has 3 rings (SSSR count). The SMILES string of the molecule is NC1(Cc2ccc(S(=O)(=O)C3COC3)c(Br)c2)CC1. The van der Waals surface area contributed by atoms with Crippen LogP contribution in [-0.4, -0.2) is 32.4 Å². The van der Waals surface area contributed by atoms with Crippen LogP contribution in [-0.2, 0) is 21.0 Å². The van der Waals surface area contributed by atoms with Crippen LogP contribution < -0.4 is 5.73 Å². The van der Waals surface area contributed by atoms with E-state index in [0.29, 0.717) is 22.6 Å². The Balaban J connectivity index is 1.87. The summed E-state index contributed by atoms with van der Waals surface area (Å²) >= 11 is 3.37. The summed E-state index contributed by atoms with van der Waals surface area (Å²) in [5, 5.41) is -0.404. The van der Waals surface area contributed by atoms with Crippen LogP contribution >= 0.6 is 15.9 Å². The number of hydrogen-bond donors (Lipinski definition) is 1. The van der Waals surface area contributed by atoms with Gasteiger partial charge in [-0.2, -0.15) is 0 Å². The van der Waals surface area contributed by atoms with Gasteiger partial charge in [-0.3, -0.25) is 0 Å². The van der Waals surface area contributed by atoms with Crippen molar-refractivity contribution in [3.05, 3.63) is 28.2 Å². The van der Waals surface area contributed by atoms with Gasteiger partial charge in [0.05, 0.1) is 18.1 Å². The molecule has 1 saturated heterocycles. The normalized spacial score (nSPS) is 22.0. The molecule has 1 saturated carbocycles. The van der Waals surface area contributed by atoms with Gasteiger partial charge in [0, 0.05) is 10.0 Å². The molecule has 0 atom stereocenters. The molecular formula is C13H16BrNO3S. The lowest BCUT2D eigenvalue weighted by molar-refractivity contribution is 0.0416. The highest BCUT2D eigenvalue weighted by molar-refractivity contribution is 9.10. The molecule has 19 heavy (non-hydrogen) atoms. The fourth-order valence-electron chi connectivity index (χ4n) is 2.20. The molecule has 1 aliphatic heterocycles. The van der Waals surface area contributed by atoms with Crippen LogP contribution in [0.2, 0.25) is 0 Å². The molecule has 104 valence electrons. The Hall–Kier alpha value is -0.430. The van der Waals surface area contributed by atoms with Crippen molar-refractivity contribution in [3.63, 3.8) is 0 Å². The van der Waals surface area contributed by atoms with E-state index in [1.807, 2.05) is 12.1 Å². The highest BCUT2D eigenvalue weighted by atomic mass is 79.9. The molecule has 6 heteroatoms. The van der Waals surface area contributed by atoms with Crippen molar-refractivity contribution in [2.45, 2.75) is 34.9 Å². The third-order valence-electron chi connectivity index (χ3n) is 3.80. The molecule has 0 radical (unpaired) electrons. The smallest absolute Gasteiger partial charge is 0.186 e. The maximum atomic E-state index is 12.3. The minimum absolute atomic E-state index is 0.0678. The lowest BCUT2D eigenvalue weighted by Crippen LogP contribution is -2.40. The van der Waals surface area contributed by atoms with Gasteiger partial charge in [0.2, 0.25) is 0 Å². The van der Waals surface area contributed by atoms with E-state index in [0.717, 1.165) is 24.8 Å². The van der Waals surface area contributed by atoms with Gasteiger partial charge in [0.1, 0.15) is 5.25 Å². The molecule has 2 N–H and O–H groups in total. The molecule has 2 fully saturated rings. The summed E-state index contributed by atoms with van der Waals surface area (Å²) in [5.74, 6) is 0. The van der Waals surface area contributed by atoms with E-state index < -0.39 is 15.1 Å². The molecule has 0 amide bonds. The molecule has 1 aromatic rings. The van der Waals surface area contributed by atoms with Crippen LogP contribution in [0.1, 0.15) is 18.4 Å². The Morgan fingerprint density at radius 2 is 2.05 bits per heavy atom. The van der Waals surface area contributed by atoms with Gasteiger partial charge in [-0.05, 0) is 52.9 Å². The third-order valence-corrected chi connectivity index (χ3v) is 6.83. The Labute approximate surface area is 121 Å². The van der Waals surface area contributed by atoms with Crippen molar-refractivity contribution in [3.8, 4) is 0 Å². The number of halogens is 1. The predicted molar refractivity (Wildman–Crippen MR) is 75.8 cm³/mol. The lowest BCUT2D eigenvalue weighted by atomic mass is 10.1. The van der Waals surface area contributed by atoms with E-state index in [2.05, 4.69) is 15.9 Å². The average molecular weight is 346 g/mol. The highest BCUT2D eigenvalue weighted by Gasteiger charge is 2.38. The van der Waals surface area contributed by atoms with Crippen molar-refractivity contribution in [2.24, 2.45) is 5.73 Å². The maximum absolute atomic E-state index is 12.3. The zero-order valence-corrected chi connectivity index (χ0v) is 12.8. The summed E-state index contributed by atoms with van der Waals surface area (Å²) in [7, 11) is -3.28. The molecule has 1 aromatic carbocycles. The summed E-state index contributed by atoms with van der Waals surface area (Å²) < 4.78 is 30.2. The van der Waals surface area contributed by atoms with Crippen LogP contribution in [0, 0.1) is 0 Å². The topological polar surface area (TPSA) is 69.4 Å². The van der Waals surface area contributed by atoms with Crippen LogP contribution in [0.4, 0.5) is 0 Å². The second-order valence-electron chi connectivity index (χ2n) is 5.51. The van der Waals surface area contributed by atoms with Gasteiger partial charge in [-0.1, -0.05) is 6.07 Å². The fraction of sp³-hybridized carbons (Fsp3) is 0.538. The van der Waals surface area contributed by atoms with E-state index in [4.69, 9.17) is 10.5 Å². The molecule has 0 aromatic heterocycles. The van der Waals surface area contributed by atoms with Crippen molar-refractivity contribution >= 4 is 25.8 Å². The minimum Gasteiger partial charge on any atom is -0.379 e. The molecule has 0 spiro atoms. The monoisotopic (exact) mass is 345 g/mol. The summed E-state index contributed by atoms with van der Waals surface area (Å²) in [4.78, 5) is 0.353. The average Bonchev–Trinajstić information content (AvgIpc) is 2.91. The van der Waals surface area contributed by atoms with Crippen LogP contribution in [0.25, 0.3) is 0 Å². The van der Waals surface area contributed by atoms with E-state index in [-0.39, 0.29) is 5.54 Å². The molecule has 2 aliphatic rings. The van der Waals surface area contributed by atoms with Crippen LogP contribution in [0.5, 0.6) is 0 Å². The van der Waals surface area contributed by atoms with Crippen molar-refractivity contribution in [1.29, 1.82) is 0 Å². The molecular weight excluding hydrogens is 330 g/mol. The van der Waals surface area contributed by atoms with Gasteiger partial charge >= 0.3 is 0 Å². The number of rotatable bonds is 4. The minimum atomic E-state index is -3.28. The molecule has 4 nitrogen and oxygen atoms in total. The first-order valence-electron chi connectivity index (χ1n) is 6.30. The first kappa shape index (κ1) is 13.5. The first-order valence-corrected chi connectivity index (χ1v) is 8.64. The summed E-state index contributed by atoms with van der Waals surface area (Å²) in [6.07, 6.45) is 2.90. The Kier molecular flexibility index (Phi) is 3.24. The highest BCUT2D eigenvalue weighted by Crippen LogP contribution is 2.37. The zero-order chi connectivity index (χ0) is 13.7. The van der Waals surface area contributed by atoms with Crippen LogP contribution in [0.3, 0.4) is 0 Å². The number of hydrogen-bond acceptors (Lipinski definition) is 4. The summed E-state index contributed by atoms with van der Waals surface area (Å²) in [6.45, 7) is 0.588. The number of sulfone groups is 1. The molecule has 1 aliphatic carbocycles. The Bertz CT molecular complexity index is 606. The van der Waals surface area contributed by atoms with Crippen molar-refractivity contribution < 1.29 is 13.2 Å². The van der Waals surface area contributed by atoms with E-state index in [1.54, 1.807) is 6.07 Å². The largest absolute Gasteiger partial charge is 0.379 e. The van der Waals surface area contributed by atoms with E-state index >= 15 is 0 Å². The van der Waals surface area contributed by atoms with E-state index in [9.17, 15) is 8.42 Å². The number of benzene rings is 1. The van der Waals surface area contributed by atoms with Gasteiger partial charge in [0.15, 0.2) is 9.84 Å². The lowest BCUT2D eigenvalue weighted by Gasteiger charge is -2.26. The Morgan fingerprint density at radius 3 is 2.53 bits per heavy atom. The summed E-state index contributed by atoms with van der Waals surface area (Å²) in [6, 6.07) is 5.42. The fourth-order valence-corrected chi connectivity index (χ4v) is 4.80. The standard InChI is InChI=1S/C13H16BrNO3S/c14-11-5-9(6-13(15)3-4-13)1-2-12(11)19(16,17)10-7-18-8-10/h1-2,5,10H,3-4,6-8,15H2. The molecule has 0 unspecified atom stereocenters. The molecule has 0 bridgehead atoms. The van der Waals surface area contributed by atoms with Gasteiger partial charge < -0.3 is 10.5 Å². The number of nitrogens with two attached hydrogens (primary N) is 1. The maximum Gasteiger partial charge on any atom is 0.186 e. The molecule has 1 heterocycles. The quantitative estimate of drug-likeness (QED) is 0.900. The van der Waals surface area contributed by atoms with Crippen molar-refractivity contribution in [1.82, 2.24) is 0 Å².